The minimum absolute atomic E-state index is 0.263. The first-order valence-corrected chi connectivity index (χ1v) is 13.3. The van der Waals surface area contributed by atoms with E-state index in [4.69, 9.17) is 4.74 Å². The molecule has 0 N–H and O–H groups in total. The number of hydrogen-bond donors (Lipinski definition) is 0. The minimum atomic E-state index is -0.991. The Bertz CT molecular complexity index is 1380. The van der Waals surface area contributed by atoms with Crippen LogP contribution in [0.15, 0.2) is 72.8 Å². The molecule has 4 heteroatoms. The molecule has 4 aromatic rings. The lowest BCUT2D eigenvalue weighted by Crippen LogP contribution is -2.30. The Kier molecular flexibility index (Phi) is 6.61. The Morgan fingerprint density at radius 1 is 0.861 bits per heavy atom. The van der Waals surface area contributed by atoms with Crippen molar-refractivity contribution in [3.05, 3.63) is 101 Å². The van der Waals surface area contributed by atoms with Crippen LogP contribution < -0.4 is 4.90 Å². The Morgan fingerprint density at radius 3 is 2.28 bits per heavy atom. The van der Waals surface area contributed by atoms with Crippen LogP contribution in [0.3, 0.4) is 0 Å². The first kappa shape index (κ1) is 24.2. The highest BCUT2D eigenvalue weighted by molar-refractivity contribution is 5.98. The molecule has 1 unspecified atom stereocenters. The number of unbranched alkanes of at least 4 members (excludes halogenated alkanes) is 2. The Labute approximate surface area is 214 Å². The molecule has 186 valence electrons. The molecular weight excluding hydrogens is 444 g/mol. The zero-order chi connectivity index (χ0) is 25.3. The van der Waals surface area contributed by atoms with E-state index in [9.17, 15) is 4.79 Å². The molecule has 0 saturated carbocycles. The van der Waals surface area contributed by atoms with Crippen molar-refractivity contribution in [3.63, 3.8) is 0 Å². The third-order valence-electron chi connectivity index (χ3n) is 7.74. The zero-order valence-corrected chi connectivity index (χ0v) is 21.9. The van der Waals surface area contributed by atoms with Crippen LogP contribution in [0.2, 0.25) is 0 Å². The topological polar surface area (TPSA) is 34.5 Å². The second-order valence-corrected chi connectivity index (χ2v) is 9.67. The lowest BCUT2D eigenvalue weighted by Gasteiger charge is -2.31. The standard InChI is InChI=1S/C32H36N2O2/c1-5-8-13-22-34-23(4)30(27-15-10-12-17-29(27)34)32(28-16-11-9-14-26(28)31(35)36-32)24-18-20-25(21-19-24)33(6-2)7-3/h9-12,14-21H,5-8,13,22H2,1-4H3. The number of hydrogen-bond acceptors (Lipinski definition) is 3. The maximum atomic E-state index is 13.3. The van der Waals surface area contributed by atoms with Gasteiger partial charge >= 0.3 is 5.97 Å². The summed E-state index contributed by atoms with van der Waals surface area (Å²) in [7, 11) is 0. The van der Waals surface area contributed by atoms with E-state index in [-0.39, 0.29) is 5.97 Å². The van der Waals surface area contributed by atoms with Crippen LogP contribution in [0.25, 0.3) is 10.9 Å². The summed E-state index contributed by atoms with van der Waals surface area (Å²) < 4.78 is 8.92. The Morgan fingerprint density at radius 2 is 1.56 bits per heavy atom. The van der Waals surface area contributed by atoms with Crippen LogP contribution in [0.5, 0.6) is 0 Å². The summed E-state index contributed by atoms with van der Waals surface area (Å²) in [6, 6.07) is 25.0. The molecule has 36 heavy (non-hydrogen) atoms. The van der Waals surface area contributed by atoms with Gasteiger partial charge < -0.3 is 14.2 Å². The minimum Gasteiger partial charge on any atom is -0.440 e. The molecular formula is C32H36N2O2. The van der Waals surface area contributed by atoms with Crippen molar-refractivity contribution in [2.45, 2.75) is 59.1 Å². The fraction of sp³-hybridized carbons (Fsp3) is 0.344. The third-order valence-corrected chi connectivity index (χ3v) is 7.74. The van der Waals surface area contributed by atoms with Crippen LogP contribution in [0.4, 0.5) is 5.69 Å². The number of carbonyl (C=O) groups is 1. The van der Waals surface area contributed by atoms with Crippen molar-refractivity contribution in [2.75, 3.05) is 18.0 Å². The molecule has 1 aromatic heterocycles. The van der Waals surface area contributed by atoms with Crippen molar-refractivity contribution in [2.24, 2.45) is 0 Å². The van der Waals surface area contributed by atoms with Gasteiger partial charge in [0.25, 0.3) is 0 Å². The van der Waals surface area contributed by atoms with E-state index in [2.05, 4.69) is 91.8 Å². The first-order valence-electron chi connectivity index (χ1n) is 13.3. The van der Waals surface area contributed by atoms with Crippen LogP contribution in [0.1, 0.15) is 72.8 Å². The van der Waals surface area contributed by atoms with E-state index in [0.29, 0.717) is 5.56 Å². The predicted molar refractivity (Wildman–Crippen MR) is 148 cm³/mol. The SMILES string of the molecule is CCCCCn1c(C)c(C2(c3ccc(N(CC)CC)cc3)OC(=O)c3ccccc32)c2ccccc21. The molecule has 0 fully saturated rings. The molecule has 0 spiro atoms. The van der Waals surface area contributed by atoms with E-state index in [0.717, 1.165) is 53.8 Å². The van der Waals surface area contributed by atoms with Crippen molar-refractivity contribution in [1.29, 1.82) is 0 Å². The fourth-order valence-electron chi connectivity index (χ4n) is 5.94. The molecule has 1 atom stereocenters. The number of para-hydroxylation sites is 1. The van der Waals surface area contributed by atoms with Crippen molar-refractivity contribution in [1.82, 2.24) is 4.57 Å². The highest BCUT2D eigenvalue weighted by atomic mass is 16.6. The number of rotatable bonds is 9. The van der Waals surface area contributed by atoms with Crippen LogP contribution >= 0.6 is 0 Å². The molecule has 2 heterocycles. The number of nitrogens with zero attached hydrogens (tertiary/aromatic N) is 2. The van der Waals surface area contributed by atoms with Gasteiger partial charge in [0.2, 0.25) is 0 Å². The summed E-state index contributed by atoms with van der Waals surface area (Å²) in [5.74, 6) is -0.263. The summed E-state index contributed by atoms with van der Waals surface area (Å²) in [6.45, 7) is 11.6. The average Bonchev–Trinajstić information content (AvgIpc) is 3.37. The van der Waals surface area contributed by atoms with Crippen LogP contribution in [-0.4, -0.2) is 23.6 Å². The number of benzene rings is 3. The maximum absolute atomic E-state index is 13.3. The Hall–Kier alpha value is -3.53. The fourth-order valence-corrected chi connectivity index (χ4v) is 5.94. The monoisotopic (exact) mass is 480 g/mol. The number of anilines is 1. The molecule has 0 bridgehead atoms. The first-order chi connectivity index (χ1) is 17.6. The number of aryl methyl sites for hydroxylation is 1. The lowest BCUT2D eigenvalue weighted by atomic mass is 9.78. The normalized spacial score (nSPS) is 16.8. The maximum Gasteiger partial charge on any atom is 0.340 e. The molecule has 5 rings (SSSR count). The molecule has 4 nitrogen and oxygen atoms in total. The molecule has 1 aliphatic rings. The number of carbonyl (C=O) groups excluding carboxylic acids is 1. The predicted octanol–water partition coefficient (Wildman–Crippen LogP) is 7.45. The number of aromatic nitrogens is 1. The van der Waals surface area contributed by atoms with Crippen LogP contribution in [-0.2, 0) is 16.9 Å². The summed E-state index contributed by atoms with van der Waals surface area (Å²) in [5, 5.41) is 1.14. The Balaban J connectivity index is 1.78. The van der Waals surface area contributed by atoms with Gasteiger partial charge in [-0.3, -0.25) is 0 Å². The van der Waals surface area contributed by atoms with Gasteiger partial charge in [0.1, 0.15) is 0 Å². The third kappa shape index (κ3) is 3.71. The summed E-state index contributed by atoms with van der Waals surface area (Å²) >= 11 is 0. The quantitative estimate of drug-likeness (QED) is 0.184. The highest BCUT2D eigenvalue weighted by Crippen LogP contribution is 2.51. The van der Waals surface area contributed by atoms with Crippen molar-refractivity contribution < 1.29 is 9.53 Å². The molecule has 3 aromatic carbocycles. The van der Waals surface area contributed by atoms with Gasteiger partial charge in [-0.1, -0.05) is 68.3 Å². The second-order valence-electron chi connectivity index (χ2n) is 9.67. The van der Waals surface area contributed by atoms with Gasteiger partial charge in [0, 0.05) is 58.6 Å². The van der Waals surface area contributed by atoms with Gasteiger partial charge in [-0.05, 0) is 51.5 Å². The molecule has 0 aliphatic carbocycles. The number of ether oxygens (including phenoxy) is 1. The smallest absolute Gasteiger partial charge is 0.340 e. The van der Waals surface area contributed by atoms with E-state index in [1.165, 1.54) is 24.0 Å². The second kappa shape index (κ2) is 9.85. The van der Waals surface area contributed by atoms with Gasteiger partial charge in [-0.15, -0.1) is 0 Å². The highest BCUT2D eigenvalue weighted by Gasteiger charge is 2.50. The number of esters is 1. The van der Waals surface area contributed by atoms with E-state index < -0.39 is 5.60 Å². The molecule has 1 aliphatic heterocycles. The van der Waals surface area contributed by atoms with Gasteiger partial charge in [-0.2, -0.15) is 0 Å². The van der Waals surface area contributed by atoms with Crippen LogP contribution in [0, 0.1) is 6.92 Å². The number of fused-ring (bicyclic) bond motifs is 2. The van der Waals surface area contributed by atoms with E-state index in [1.54, 1.807) is 0 Å². The summed E-state index contributed by atoms with van der Waals surface area (Å²) in [6.07, 6.45) is 3.49. The number of cyclic esters (lactones) is 1. The van der Waals surface area contributed by atoms with Crippen molar-refractivity contribution in [3.8, 4) is 0 Å². The van der Waals surface area contributed by atoms with Gasteiger partial charge in [0.15, 0.2) is 5.60 Å². The lowest BCUT2D eigenvalue weighted by molar-refractivity contribution is 0.0253. The van der Waals surface area contributed by atoms with E-state index in [1.807, 2.05) is 18.2 Å². The molecule has 0 amide bonds. The van der Waals surface area contributed by atoms with Crippen molar-refractivity contribution >= 4 is 22.6 Å². The van der Waals surface area contributed by atoms with Gasteiger partial charge in [-0.25, -0.2) is 4.79 Å². The largest absolute Gasteiger partial charge is 0.440 e. The van der Waals surface area contributed by atoms with Gasteiger partial charge in [0.05, 0.1) is 5.56 Å². The molecule has 0 saturated heterocycles. The summed E-state index contributed by atoms with van der Waals surface area (Å²) in [4.78, 5) is 15.7. The van der Waals surface area contributed by atoms with E-state index >= 15 is 0 Å². The molecule has 0 radical (unpaired) electrons. The summed E-state index contributed by atoms with van der Waals surface area (Å²) in [5.41, 5.74) is 6.16. The average molecular weight is 481 g/mol. The zero-order valence-electron chi connectivity index (χ0n) is 21.9.